The molecular weight excluding hydrogens is 474 g/mol. The molecule has 0 radical (unpaired) electrons. The molecule has 1 fully saturated rings. The molecule has 5 rings (SSSR count). The number of carbonyl (C=O) groups excluding carboxylic acids is 1. The van der Waals surface area contributed by atoms with Crippen molar-refractivity contribution >= 4 is 32.8 Å². The lowest BCUT2D eigenvalue weighted by Gasteiger charge is -2.26. The number of sulfonamides is 1. The van der Waals surface area contributed by atoms with Gasteiger partial charge in [-0.05, 0) is 31.5 Å². The van der Waals surface area contributed by atoms with Gasteiger partial charge in [-0.25, -0.2) is 27.7 Å². The summed E-state index contributed by atoms with van der Waals surface area (Å²) in [6.07, 6.45) is 3.37. The van der Waals surface area contributed by atoms with Gasteiger partial charge in [-0.15, -0.1) is 0 Å². The van der Waals surface area contributed by atoms with Crippen molar-refractivity contribution in [3.63, 3.8) is 0 Å². The maximum Gasteiger partial charge on any atom is 0.342 e. The number of carbonyl (C=O) groups is 1. The Kier molecular flexibility index (Phi) is 6.21. The molecule has 0 N–H and O–H groups in total. The van der Waals surface area contributed by atoms with Crippen molar-refractivity contribution in [2.45, 2.75) is 38.3 Å². The molecule has 4 heterocycles. The highest BCUT2D eigenvalue weighted by Crippen LogP contribution is 2.24. The lowest BCUT2D eigenvalue weighted by atomic mass is 10.2. The van der Waals surface area contributed by atoms with E-state index in [4.69, 9.17) is 9.47 Å². The van der Waals surface area contributed by atoms with Gasteiger partial charge in [-0.1, -0.05) is 6.92 Å². The third-order valence-electron chi connectivity index (χ3n) is 6.02. The number of aryl methyl sites for hydroxylation is 2. The second kappa shape index (κ2) is 9.32. The van der Waals surface area contributed by atoms with Crippen LogP contribution in [0.4, 0.5) is 0 Å². The smallest absolute Gasteiger partial charge is 0.342 e. The number of hydrogen-bond donors (Lipinski definition) is 0. The first-order valence-corrected chi connectivity index (χ1v) is 12.8. The molecule has 3 aromatic heterocycles. The molecule has 12 nitrogen and oxygen atoms in total. The fourth-order valence-corrected chi connectivity index (χ4v) is 5.69. The SMILES string of the molecule is CCc1c(C(=O)OCc2nc3cc(S(=O)(=O)N4CCOCC4)ccc3n2CC)cnc2ncnn12. The number of nitrogens with zero attached hydrogens (tertiary/aromatic N) is 7. The van der Waals surface area contributed by atoms with Crippen LogP contribution in [-0.2, 0) is 39.1 Å². The van der Waals surface area contributed by atoms with Crippen LogP contribution in [0.15, 0.2) is 35.6 Å². The molecule has 0 atom stereocenters. The van der Waals surface area contributed by atoms with Gasteiger partial charge < -0.3 is 14.0 Å². The number of esters is 1. The van der Waals surface area contributed by atoms with E-state index in [1.165, 1.54) is 21.3 Å². The van der Waals surface area contributed by atoms with Gasteiger partial charge >= 0.3 is 5.97 Å². The summed E-state index contributed by atoms with van der Waals surface area (Å²) in [5, 5.41) is 4.13. The second-order valence-corrected chi connectivity index (χ2v) is 9.90. The van der Waals surface area contributed by atoms with E-state index in [-0.39, 0.29) is 11.5 Å². The Bertz CT molecular complexity index is 1510. The number of aromatic nitrogens is 6. The van der Waals surface area contributed by atoms with E-state index in [2.05, 4.69) is 20.1 Å². The Balaban J connectivity index is 1.41. The van der Waals surface area contributed by atoms with Crippen molar-refractivity contribution in [1.82, 2.24) is 33.4 Å². The predicted molar refractivity (Wildman–Crippen MR) is 124 cm³/mol. The minimum absolute atomic E-state index is 0.0779. The van der Waals surface area contributed by atoms with Crippen molar-refractivity contribution in [3.05, 3.63) is 47.8 Å². The topological polar surface area (TPSA) is 134 Å². The van der Waals surface area contributed by atoms with E-state index in [1.807, 2.05) is 18.4 Å². The zero-order valence-corrected chi connectivity index (χ0v) is 20.2. The van der Waals surface area contributed by atoms with Crippen LogP contribution >= 0.6 is 0 Å². The number of fused-ring (bicyclic) bond motifs is 2. The molecular formula is C22H25N7O5S. The lowest BCUT2D eigenvalue weighted by Crippen LogP contribution is -2.40. The van der Waals surface area contributed by atoms with Gasteiger partial charge in [0.1, 0.15) is 18.8 Å². The monoisotopic (exact) mass is 499 g/mol. The van der Waals surface area contributed by atoms with Gasteiger partial charge in [0.2, 0.25) is 10.0 Å². The molecule has 1 aliphatic rings. The maximum atomic E-state index is 13.0. The van der Waals surface area contributed by atoms with Gasteiger partial charge in [0, 0.05) is 25.8 Å². The average molecular weight is 500 g/mol. The summed E-state index contributed by atoms with van der Waals surface area (Å²) in [5.74, 6) is 0.385. The van der Waals surface area contributed by atoms with E-state index in [1.54, 1.807) is 18.2 Å². The van der Waals surface area contributed by atoms with Gasteiger partial charge in [0.25, 0.3) is 5.78 Å². The number of benzene rings is 1. The molecule has 0 spiro atoms. The molecule has 0 saturated carbocycles. The zero-order chi connectivity index (χ0) is 24.6. The fraction of sp³-hybridized carbons (Fsp3) is 0.409. The van der Waals surface area contributed by atoms with Gasteiger partial charge in [0.05, 0.1) is 40.4 Å². The fourth-order valence-electron chi connectivity index (χ4n) is 4.26. The largest absolute Gasteiger partial charge is 0.454 e. The van der Waals surface area contributed by atoms with Crippen molar-refractivity contribution in [2.75, 3.05) is 26.3 Å². The lowest BCUT2D eigenvalue weighted by molar-refractivity contribution is 0.0456. The van der Waals surface area contributed by atoms with Crippen LogP contribution < -0.4 is 0 Å². The number of morpholine rings is 1. The zero-order valence-electron chi connectivity index (χ0n) is 19.4. The Morgan fingerprint density at radius 2 is 1.97 bits per heavy atom. The number of hydrogen-bond acceptors (Lipinski definition) is 9. The van der Waals surface area contributed by atoms with E-state index in [0.29, 0.717) is 67.6 Å². The third-order valence-corrected chi connectivity index (χ3v) is 7.91. The number of rotatable bonds is 7. The minimum Gasteiger partial charge on any atom is -0.454 e. The first-order valence-electron chi connectivity index (χ1n) is 11.4. The quantitative estimate of drug-likeness (QED) is 0.346. The molecule has 0 bridgehead atoms. The molecule has 1 saturated heterocycles. The normalized spacial score (nSPS) is 15.1. The summed E-state index contributed by atoms with van der Waals surface area (Å²) in [4.78, 5) is 25.9. The van der Waals surface area contributed by atoms with Gasteiger partial charge in [0.15, 0.2) is 0 Å². The van der Waals surface area contributed by atoms with E-state index >= 15 is 0 Å². The Morgan fingerprint density at radius 1 is 1.17 bits per heavy atom. The van der Waals surface area contributed by atoms with Crippen molar-refractivity contribution in [3.8, 4) is 0 Å². The van der Waals surface area contributed by atoms with Crippen molar-refractivity contribution < 1.29 is 22.7 Å². The first-order chi connectivity index (χ1) is 16.9. The molecule has 13 heteroatoms. The highest BCUT2D eigenvalue weighted by atomic mass is 32.2. The summed E-state index contributed by atoms with van der Waals surface area (Å²) in [5.41, 5.74) is 2.25. The maximum absolute atomic E-state index is 13.0. The van der Waals surface area contributed by atoms with E-state index < -0.39 is 16.0 Å². The summed E-state index contributed by atoms with van der Waals surface area (Å²) in [6.45, 7) is 5.74. The molecule has 0 amide bonds. The minimum atomic E-state index is -3.65. The number of ether oxygens (including phenoxy) is 2. The summed E-state index contributed by atoms with van der Waals surface area (Å²) in [6, 6.07) is 4.89. The standard InChI is InChI=1S/C22H25N7O5S/c1-3-18-16(12-23-22-24-14-25-29(18)22)21(30)34-13-20-26-17-11-15(5-6-19(17)28(20)4-2)35(31,32)27-7-9-33-10-8-27/h5-6,11-12,14H,3-4,7-10,13H2,1-2H3. The number of imidazole rings is 1. The van der Waals surface area contributed by atoms with Crippen molar-refractivity contribution in [1.29, 1.82) is 0 Å². The first kappa shape index (κ1) is 23.3. The highest BCUT2D eigenvalue weighted by molar-refractivity contribution is 7.89. The Labute approximate surface area is 201 Å². The van der Waals surface area contributed by atoms with Gasteiger partial charge in [-0.2, -0.15) is 14.4 Å². The molecule has 0 aliphatic carbocycles. The van der Waals surface area contributed by atoms with Crippen LogP contribution in [0.5, 0.6) is 0 Å². The molecule has 184 valence electrons. The van der Waals surface area contributed by atoms with E-state index in [0.717, 1.165) is 5.52 Å². The van der Waals surface area contributed by atoms with Gasteiger partial charge in [-0.3, -0.25) is 0 Å². The molecule has 35 heavy (non-hydrogen) atoms. The Hall–Kier alpha value is -3.42. The highest BCUT2D eigenvalue weighted by Gasteiger charge is 2.27. The van der Waals surface area contributed by atoms with Crippen molar-refractivity contribution in [2.24, 2.45) is 0 Å². The van der Waals surface area contributed by atoms with E-state index in [9.17, 15) is 13.2 Å². The predicted octanol–water partition coefficient (Wildman–Crippen LogP) is 1.43. The third kappa shape index (κ3) is 4.15. The Morgan fingerprint density at radius 3 is 2.71 bits per heavy atom. The van der Waals surface area contributed by atoms with Crippen LogP contribution in [0.1, 0.15) is 35.7 Å². The van der Waals surface area contributed by atoms with Crippen LogP contribution in [0.3, 0.4) is 0 Å². The molecule has 4 aromatic rings. The second-order valence-electron chi connectivity index (χ2n) is 7.96. The molecule has 0 unspecified atom stereocenters. The summed E-state index contributed by atoms with van der Waals surface area (Å²) >= 11 is 0. The molecule has 1 aliphatic heterocycles. The summed E-state index contributed by atoms with van der Waals surface area (Å²) in [7, 11) is -3.65. The van der Waals surface area contributed by atoms with Crippen LogP contribution in [0.25, 0.3) is 16.8 Å². The van der Waals surface area contributed by atoms with Crippen LogP contribution in [-0.4, -0.2) is 74.1 Å². The van der Waals surface area contributed by atoms with Crippen LogP contribution in [0, 0.1) is 0 Å². The van der Waals surface area contributed by atoms with Crippen LogP contribution in [0.2, 0.25) is 0 Å². The molecule has 1 aromatic carbocycles. The average Bonchev–Trinajstić information content (AvgIpc) is 3.50. The summed E-state index contributed by atoms with van der Waals surface area (Å²) < 4.78 is 41.8.